The van der Waals surface area contributed by atoms with Gasteiger partial charge in [0, 0.05) is 18.1 Å². The highest BCUT2D eigenvalue weighted by atomic mass is 32.1. The van der Waals surface area contributed by atoms with Crippen LogP contribution in [0.1, 0.15) is 22.2 Å². The third-order valence-corrected chi connectivity index (χ3v) is 4.36. The van der Waals surface area contributed by atoms with Crippen LogP contribution in [-0.2, 0) is 11.3 Å². The fourth-order valence-corrected chi connectivity index (χ4v) is 3.19. The fourth-order valence-electron chi connectivity index (χ4n) is 2.56. The number of aliphatic hydroxyl groups excluding tert-OH is 1. The van der Waals surface area contributed by atoms with Crippen molar-refractivity contribution >= 4 is 17.2 Å². The molecule has 0 aliphatic carbocycles. The van der Waals surface area contributed by atoms with Crippen molar-refractivity contribution in [3.8, 4) is 0 Å². The number of hydrogen-bond acceptors (Lipinski definition) is 5. The average molecular weight is 333 g/mol. The van der Waals surface area contributed by atoms with E-state index >= 15 is 0 Å². The van der Waals surface area contributed by atoms with Gasteiger partial charge in [0.2, 0.25) is 5.91 Å². The highest BCUT2D eigenvalue weighted by molar-refractivity contribution is 7.09. The Labute approximate surface area is 141 Å². The molecule has 2 rings (SSSR count). The largest absolute Gasteiger partial charge is 0.395 e. The molecule has 2 aromatic rings. The van der Waals surface area contributed by atoms with Gasteiger partial charge < -0.3 is 10.0 Å². The summed E-state index contributed by atoms with van der Waals surface area (Å²) in [5.41, 5.74) is 2.08. The van der Waals surface area contributed by atoms with E-state index in [1.807, 2.05) is 55.6 Å². The number of benzene rings is 1. The van der Waals surface area contributed by atoms with Crippen LogP contribution < -0.4 is 0 Å². The molecular weight excluding hydrogens is 310 g/mol. The number of nitrogens with zero attached hydrogens (tertiary/aromatic N) is 3. The molecule has 1 atom stereocenters. The van der Waals surface area contributed by atoms with Crippen LogP contribution in [0.2, 0.25) is 0 Å². The summed E-state index contributed by atoms with van der Waals surface area (Å²) in [6.45, 7) is 2.68. The quantitative estimate of drug-likeness (QED) is 0.843. The Morgan fingerprint density at radius 1 is 1.39 bits per heavy atom. The third kappa shape index (κ3) is 4.60. The fraction of sp³-hybridized carbons (Fsp3) is 0.412. The van der Waals surface area contributed by atoms with Crippen LogP contribution in [0, 0.1) is 6.92 Å². The zero-order valence-electron chi connectivity index (χ0n) is 13.8. The van der Waals surface area contributed by atoms with E-state index in [1.165, 1.54) is 11.3 Å². The number of carbonyl (C=O) groups is 1. The van der Waals surface area contributed by atoms with Crippen molar-refractivity contribution in [2.45, 2.75) is 19.5 Å². The maximum Gasteiger partial charge on any atom is 0.244 e. The molecule has 1 aromatic carbocycles. The number of rotatable bonds is 7. The molecule has 6 heteroatoms. The number of aryl methyl sites for hydroxylation is 1. The predicted molar refractivity (Wildman–Crippen MR) is 92.2 cm³/mol. The summed E-state index contributed by atoms with van der Waals surface area (Å²) in [4.78, 5) is 20.9. The normalized spacial score (nSPS) is 12.4. The van der Waals surface area contributed by atoms with Crippen molar-refractivity contribution in [1.82, 2.24) is 14.8 Å². The van der Waals surface area contributed by atoms with Crippen LogP contribution in [0.3, 0.4) is 0 Å². The lowest BCUT2D eigenvalue weighted by atomic mass is 10.0. The lowest BCUT2D eigenvalue weighted by Gasteiger charge is -2.30. The summed E-state index contributed by atoms with van der Waals surface area (Å²) in [6.07, 6.45) is 1.73. The van der Waals surface area contributed by atoms with Gasteiger partial charge in [0.05, 0.1) is 13.2 Å². The molecule has 124 valence electrons. The highest BCUT2D eigenvalue weighted by Gasteiger charge is 2.28. The average Bonchev–Trinajstić information content (AvgIpc) is 2.99. The molecule has 0 bridgehead atoms. The van der Waals surface area contributed by atoms with Gasteiger partial charge in [-0.2, -0.15) is 0 Å². The van der Waals surface area contributed by atoms with Crippen molar-refractivity contribution in [3.05, 3.63) is 52.0 Å². The number of carbonyl (C=O) groups excluding carboxylic acids is 1. The Balaban J connectivity index is 2.26. The standard InChI is InChI=1S/C17H23N3O2S/c1-13-5-4-6-14(11-13)16(19(2)3)17(22)20(8-9-21)12-15-18-7-10-23-15/h4-7,10-11,16,21H,8-9,12H2,1-3H3/t16-/m1/s1. The number of hydrogen-bond donors (Lipinski definition) is 1. The number of likely N-dealkylation sites (N-methyl/N-ethyl adjacent to an activating group) is 1. The number of aliphatic hydroxyl groups is 1. The molecular formula is C17H23N3O2S. The van der Waals surface area contributed by atoms with E-state index in [4.69, 9.17) is 0 Å². The summed E-state index contributed by atoms with van der Waals surface area (Å²) in [5, 5.41) is 12.1. The Hall–Kier alpha value is -1.76. The van der Waals surface area contributed by atoms with E-state index in [2.05, 4.69) is 4.98 Å². The van der Waals surface area contributed by atoms with Crippen LogP contribution in [-0.4, -0.2) is 53.0 Å². The van der Waals surface area contributed by atoms with Gasteiger partial charge in [-0.25, -0.2) is 4.98 Å². The summed E-state index contributed by atoms with van der Waals surface area (Å²) in [5.74, 6) is -0.0233. The van der Waals surface area contributed by atoms with Crippen LogP contribution in [0.25, 0.3) is 0 Å². The molecule has 1 N–H and O–H groups in total. The first kappa shape index (κ1) is 17.6. The minimum atomic E-state index is -0.374. The van der Waals surface area contributed by atoms with Crippen molar-refractivity contribution < 1.29 is 9.90 Å². The Morgan fingerprint density at radius 2 is 2.17 bits per heavy atom. The monoisotopic (exact) mass is 333 g/mol. The van der Waals surface area contributed by atoms with Crippen molar-refractivity contribution in [2.24, 2.45) is 0 Å². The molecule has 0 saturated heterocycles. The molecule has 1 aromatic heterocycles. The molecule has 23 heavy (non-hydrogen) atoms. The van der Waals surface area contributed by atoms with Gasteiger partial charge in [-0.05, 0) is 26.6 Å². The maximum absolute atomic E-state index is 13.1. The van der Waals surface area contributed by atoms with Crippen molar-refractivity contribution in [1.29, 1.82) is 0 Å². The van der Waals surface area contributed by atoms with Gasteiger partial charge in [-0.1, -0.05) is 29.8 Å². The maximum atomic E-state index is 13.1. The van der Waals surface area contributed by atoms with Gasteiger partial charge >= 0.3 is 0 Å². The van der Waals surface area contributed by atoms with Gasteiger partial charge in [0.15, 0.2) is 0 Å². The molecule has 0 aliphatic heterocycles. The first-order chi connectivity index (χ1) is 11.0. The second kappa shape index (κ2) is 8.19. The molecule has 0 spiro atoms. The topological polar surface area (TPSA) is 56.7 Å². The lowest BCUT2D eigenvalue weighted by molar-refractivity contribution is -0.137. The zero-order valence-corrected chi connectivity index (χ0v) is 14.6. The number of thiazole rings is 1. The number of amides is 1. The molecule has 0 aliphatic rings. The van der Waals surface area contributed by atoms with Crippen molar-refractivity contribution in [3.63, 3.8) is 0 Å². The van der Waals surface area contributed by atoms with E-state index in [0.717, 1.165) is 16.1 Å². The Kier molecular flexibility index (Phi) is 6.27. The van der Waals surface area contributed by atoms with Crippen molar-refractivity contribution in [2.75, 3.05) is 27.2 Å². The Bertz CT molecular complexity index is 629. The van der Waals surface area contributed by atoms with E-state index < -0.39 is 0 Å². The molecule has 1 amide bonds. The smallest absolute Gasteiger partial charge is 0.244 e. The zero-order chi connectivity index (χ0) is 16.8. The van der Waals surface area contributed by atoms with E-state index in [9.17, 15) is 9.90 Å². The van der Waals surface area contributed by atoms with Crippen LogP contribution in [0.4, 0.5) is 0 Å². The molecule has 0 unspecified atom stereocenters. The first-order valence-electron chi connectivity index (χ1n) is 7.54. The van der Waals surface area contributed by atoms with Crippen LogP contribution >= 0.6 is 11.3 Å². The summed E-state index contributed by atoms with van der Waals surface area (Å²) in [6, 6.07) is 7.61. The summed E-state index contributed by atoms with van der Waals surface area (Å²) in [7, 11) is 3.79. The second-order valence-electron chi connectivity index (χ2n) is 5.69. The minimum absolute atomic E-state index is 0.0233. The lowest BCUT2D eigenvalue weighted by Crippen LogP contribution is -2.41. The Morgan fingerprint density at radius 3 is 2.74 bits per heavy atom. The second-order valence-corrected chi connectivity index (χ2v) is 6.67. The van der Waals surface area contributed by atoms with E-state index in [1.54, 1.807) is 11.1 Å². The number of aromatic nitrogens is 1. The third-order valence-electron chi connectivity index (χ3n) is 3.60. The SMILES string of the molecule is Cc1cccc([C@H](C(=O)N(CCO)Cc2nccs2)N(C)C)c1. The van der Waals surface area contributed by atoms with Gasteiger partial charge in [0.1, 0.15) is 11.0 Å². The molecule has 5 nitrogen and oxygen atoms in total. The summed E-state index contributed by atoms with van der Waals surface area (Å²) < 4.78 is 0. The highest BCUT2D eigenvalue weighted by Crippen LogP contribution is 2.23. The van der Waals surface area contributed by atoms with E-state index in [-0.39, 0.29) is 18.6 Å². The first-order valence-corrected chi connectivity index (χ1v) is 8.42. The van der Waals surface area contributed by atoms with Crippen LogP contribution in [0.15, 0.2) is 35.8 Å². The predicted octanol–water partition coefficient (Wildman–Crippen LogP) is 2.08. The van der Waals surface area contributed by atoms with E-state index in [0.29, 0.717) is 13.1 Å². The molecule has 0 radical (unpaired) electrons. The molecule has 0 saturated carbocycles. The van der Waals surface area contributed by atoms with Gasteiger partial charge in [-0.15, -0.1) is 11.3 Å². The molecule has 1 heterocycles. The van der Waals surface area contributed by atoms with Gasteiger partial charge in [-0.3, -0.25) is 9.69 Å². The minimum Gasteiger partial charge on any atom is -0.395 e. The summed E-state index contributed by atoms with van der Waals surface area (Å²) >= 11 is 1.51. The molecule has 0 fully saturated rings. The van der Waals surface area contributed by atoms with Crippen LogP contribution in [0.5, 0.6) is 0 Å². The van der Waals surface area contributed by atoms with Gasteiger partial charge in [0.25, 0.3) is 0 Å².